The van der Waals surface area contributed by atoms with Crippen molar-refractivity contribution in [3.63, 3.8) is 0 Å². The summed E-state index contributed by atoms with van der Waals surface area (Å²) >= 11 is 6.36. The van der Waals surface area contributed by atoms with Crippen LogP contribution >= 0.6 is 11.6 Å². The summed E-state index contributed by atoms with van der Waals surface area (Å²) in [7, 11) is 3.29. The molecule has 2 rings (SSSR count). The number of rotatable bonds is 4. The third-order valence-corrected chi connectivity index (χ3v) is 3.94. The number of ether oxygens (including phenoxy) is 2. The van der Waals surface area contributed by atoms with Gasteiger partial charge >= 0.3 is 0 Å². The zero-order chi connectivity index (χ0) is 13.1. The fraction of sp³-hybridized carbons (Fsp3) is 0.571. The van der Waals surface area contributed by atoms with Crippen molar-refractivity contribution >= 4 is 11.6 Å². The van der Waals surface area contributed by atoms with Crippen LogP contribution in [-0.2, 0) is 6.42 Å². The van der Waals surface area contributed by atoms with Crippen molar-refractivity contribution in [1.82, 2.24) is 5.32 Å². The number of methoxy groups -OCH3 is 2. The van der Waals surface area contributed by atoms with Crippen LogP contribution in [0, 0.1) is 6.92 Å². The lowest BCUT2D eigenvalue weighted by molar-refractivity contribution is 0.352. The van der Waals surface area contributed by atoms with Crippen LogP contribution < -0.4 is 14.8 Å². The van der Waals surface area contributed by atoms with Gasteiger partial charge in [0.15, 0.2) is 11.5 Å². The molecule has 0 spiro atoms. The maximum Gasteiger partial charge on any atom is 0.163 e. The molecule has 0 bridgehead atoms. The first-order valence-electron chi connectivity index (χ1n) is 6.30. The Morgan fingerprint density at radius 1 is 1.39 bits per heavy atom. The Morgan fingerprint density at radius 2 is 2.17 bits per heavy atom. The highest BCUT2D eigenvalue weighted by Gasteiger charge is 2.20. The number of benzene rings is 1. The molecule has 4 heteroatoms. The summed E-state index contributed by atoms with van der Waals surface area (Å²) in [5, 5.41) is 4.26. The van der Waals surface area contributed by atoms with E-state index in [1.807, 2.05) is 13.0 Å². The fourth-order valence-corrected chi connectivity index (χ4v) is 2.92. The number of hydrogen-bond donors (Lipinski definition) is 1. The lowest BCUT2D eigenvalue weighted by atomic mass is 9.99. The number of halogens is 1. The summed E-state index contributed by atoms with van der Waals surface area (Å²) in [4.78, 5) is 0. The Bertz CT molecular complexity index is 428. The Labute approximate surface area is 113 Å². The van der Waals surface area contributed by atoms with Crippen molar-refractivity contribution in [3.8, 4) is 11.5 Å². The first-order valence-corrected chi connectivity index (χ1v) is 6.68. The van der Waals surface area contributed by atoms with Gasteiger partial charge in [-0.3, -0.25) is 0 Å². The lowest BCUT2D eigenvalue weighted by Gasteiger charge is -2.18. The second-order valence-corrected chi connectivity index (χ2v) is 5.10. The van der Waals surface area contributed by atoms with Gasteiger partial charge < -0.3 is 14.8 Å². The van der Waals surface area contributed by atoms with Crippen LogP contribution in [0.2, 0.25) is 5.02 Å². The molecule has 0 aromatic heterocycles. The van der Waals surface area contributed by atoms with Crippen molar-refractivity contribution < 1.29 is 9.47 Å². The summed E-state index contributed by atoms with van der Waals surface area (Å²) in [6.07, 6.45) is 3.41. The molecule has 0 aliphatic carbocycles. The first kappa shape index (κ1) is 13.5. The highest BCUT2D eigenvalue weighted by molar-refractivity contribution is 6.31. The van der Waals surface area contributed by atoms with E-state index < -0.39 is 0 Å². The van der Waals surface area contributed by atoms with Crippen LogP contribution in [0.4, 0.5) is 0 Å². The van der Waals surface area contributed by atoms with Crippen LogP contribution in [-0.4, -0.2) is 26.8 Å². The van der Waals surface area contributed by atoms with Crippen molar-refractivity contribution in [3.05, 3.63) is 22.2 Å². The molecule has 1 saturated heterocycles. The molecule has 100 valence electrons. The third kappa shape index (κ3) is 2.57. The van der Waals surface area contributed by atoms with Gasteiger partial charge in [0.05, 0.1) is 14.2 Å². The Morgan fingerprint density at radius 3 is 2.72 bits per heavy atom. The van der Waals surface area contributed by atoms with Crippen LogP contribution in [0.3, 0.4) is 0 Å². The van der Waals surface area contributed by atoms with E-state index in [0.717, 1.165) is 34.9 Å². The molecule has 3 nitrogen and oxygen atoms in total. The minimum Gasteiger partial charge on any atom is -0.493 e. The molecule has 0 saturated carbocycles. The van der Waals surface area contributed by atoms with E-state index in [4.69, 9.17) is 21.1 Å². The minimum absolute atomic E-state index is 0.527. The van der Waals surface area contributed by atoms with Crippen molar-refractivity contribution in [1.29, 1.82) is 0 Å². The molecule has 1 aromatic rings. The van der Waals surface area contributed by atoms with Gasteiger partial charge in [0, 0.05) is 17.1 Å². The molecule has 1 aliphatic heterocycles. The van der Waals surface area contributed by atoms with Gasteiger partial charge in [-0.25, -0.2) is 0 Å². The summed E-state index contributed by atoms with van der Waals surface area (Å²) in [6, 6.07) is 2.37. The van der Waals surface area contributed by atoms with Crippen molar-refractivity contribution in [2.24, 2.45) is 0 Å². The van der Waals surface area contributed by atoms with Gasteiger partial charge in [-0.15, -0.1) is 0 Å². The fourth-order valence-electron chi connectivity index (χ4n) is 2.60. The SMILES string of the molecule is COc1cc(Cl)c(CC2CCCN2)c(C)c1OC. The second-order valence-electron chi connectivity index (χ2n) is 4.69. The topological polar surface area (TPSA) is 30.5 Å². The molecular weight excluding hydrogens is 250 g/mol. The van der Waals surface area contributed by atoms with Crippen LogP contribution in [0.5, 0.6) is 11.5 Å². The monoisotopic (exact) mass is 269 g/mol. The largest absolute Gasteiger partial charge is 0.493 e. The van der Waals surface area contributed by atoms with E-state index in [1.165, 1.54) is 12.8 Å². The zero-order valence-electron chi connectivity index (χ0n) is 11.2. The lowest BCUT2D eigenvalue weighted by Crippen LogP contribution is -2.24. The smallest absolute Gasteiger partial charge is 0.163 e. The Kier molecular flexibility index (Phi) is 4.36. The van der Waals surface area contributed by atoms with Gasteiger partial charge in [-0.05, 0) is 43.9 Å². The molecule has 1 aromatic carbocycles. The van der Waals surface area contributed by atoms with Gasteiger partial charge in [0.25, 0.3) is 0 Å². The summed E-state index contributed by atoms with van der Waals surface area (Å²) < 4.78 is 10.7. The van der Waals surface area contributed by atoms with Gasteiger partial charge in [0.2, 0.25) is 0 Å². The molecule has 1 heterocycles. The van der Waals surface area contributed by atoms with E-state index in [2.05, 4.69) is 5.32 Å². The normalized spacial score (nSPS) is 19.0. The molecule has 0 amide bonds. The predicted molar refractivity (Wildman–Crippen MR) is 74.0 cm³/mol. The van der Waals surface area contributed by atoms with Gasteiger partial charge in [0.1, 0.15) is 0 Å². The molecule has 1 fully saturated rings. The summed E-state index contributed by atoms with van der Waals surface area (Å²) in [5.74, 6) is 1.48. The second kappa shape index (κ2) is 5.81. The molecule has 1 aliphatic rings. The first-order chi connectivity index (χ1) is 8.67. The van der Waals surface area contributed by atoms with E-state index >= 15 is 0 Å². The molecule has 18 heavy (non-hydrogen) atoms. The van der Waals surface area contributed by atoms with E-state index in [0.29, 0.717) is 11.8 Å². The van der Waals surface area contributed by atoms with Crippen LogP contribution in [0.1, 0.15) is 24.0 Å². The third-order valence-electron chi connectivity index (χ3n) is 3.60. The van der Waals surface area contributed by atoms with E-state index in [1.54, 1.807) is 14.2 Å². The van der Waals surface area contributed by atoms with E-state index in [-0.39, 0.29) is 0 Å². The predicted octanol–water partition coefficient (Wildman–Crippen LogP) is 2.96. The van der Waals surface area contributed by atoms with E-state index in [9.17, 15) is 0 Å². The molecule has 1 atom stereocenters. The molecular formula is C14H20ClNO2. The Hall–Kier alpha value is -0.930. The average molecular weight is 270 g/mol. The van der Waals surface area contributed by atoms with Crippen molar-refractivity contribution in [2.45, 2.75) is 32.2 Å². The molecule has 1 unspecified atom stereocenters. The van der Waals surface area contributed by atoms with Crippen molar-refractivity contribution in [2.75, 3.05) is 20.8 Å². The quantitative estimate of drug-likeness (QED) is 0.912. The summed E-state index contributed by atoms with van der Waals surface area (Å²) in [6.45, 7) is 3.14. The zero-order valence-corrected chi connectivity index (χ0v) is 11.9. The van der Waals surface area contributed by atoms with Crippen LogP contribution in [0.25, 0.3) is 0 Å². The van der Waals surface area contributed by atoms with Crippen LogP contribution in [0.15, 0.2) is 6.07 Å². The minimum atomic E-state index is 0.527. The molecule has 1 N–H and O–H groups in total. The summed E-state index contributed by atoms with van der Waals surface area (Å²) in [5.41, 5.74) is 2.24. The number of hydrogen-bond acceptors (Lipinski definition) is 3. The highest BCUT2D eigenvalue weighted by atomic mass is 35.5. The molecule has 0 radical (unpaired) electrons. The Balaban J connectivity index is 2.33. The maximum atomic E-state index is 6.36. The average Bonchev–Trinajstić information content (AvgIpc) is 2.86. The van der Waals surface area contributed by atoms with Gasteiger partial charge in [-0.2, -0.15) is 0 Å². The number of nitrogens with one attached hydrogen (secondary N) is 1. The van der Waals surface area contributed by atoms with Gasteiger partial charge in [-0.1, -0.05) is 11.6 Å². The maximum absolute atomic E-state index is 6.36. The standard InChI is InChI=1S/C14H20ClNO2/c1-9-11(7-10-5-4-6-16-10)12(15)8-13(17-2)14(9)18-3/h8,10,16H,4-7H2,1-3H3. The highest BCUT2D eigenvalue weighted by Crippen LogP contribution is 2.38.